The highest BCUT2D eigenvalue weighted by molar-refractivity contribution is 8.00. The van der Waals surface area contributed by atoms with Crippen molar-refractivity contribution in [3.8, 4) is 5.82 Å². The first-order valence-electron chi connectivity index (χ1n) is 19.1. The molecule has 0 spiro atoms. The minimum Gasteiger partial charge on any atom is -0.343 e. The molecule has 12 rings (SSSR count). The van der Waals surface area contributed by atoms with E-state index >= 15 is 4.57 Å². The smallest absolute Gasteiger partial charge is 0.253 e. The first-order chi connectivity index (χ1) is 28.5. The zero-order valence-electron chi connectivity index (χ0n) is 31.4. The third kappa shape index (κ3) is 4.75. The van der Waals surface area contributed by atoms with Crippen LogP contribution in [0.4, 0.5) is 22.7 Å². The third-order valence-corrected chi connectivity index (χ3v) is 16.7. The maximum absolute atomic E-state index is 16.5. The van der Waals surface area contributed by atoms with E-state index in [0.29, 0.717) is 10.7 Å². The maximum Gasteiger partial charge on any atom is 0.253 e. The average Bonchev–Trinajstić information content (AvgIpc) is 3.77. The number of fused-ring (bicyclic) bond motifs is 10. The van der Waals surface area contributed by atoms with E-state index in [9.17, 15) is 0 Å². The molecule has 2 aliphatic heterocycles. The first-order valence-corrected chi connectivity index (χ1v) is 22.4. The summed E-state index contributed by atoms with van der Waals surface area (Å²) in [7, 11) is 0.584. The minimum atomic E-state index is -3.68. The van der Waals surface area contributed by atoms with Crippen LogP contribution in [0.1, 0.15) is 0 Å². The van der Waals surface area contributed by atoms with Gasteiger partial charge in [-0.3, -0.25) is 18.5 Å². The van der Waals surface area contributed by atoms with E-state index in [4.69, 9.17) is 9.97 Å². The molecule has 0 N–H and O–H groups in total. The number of pyridine rings is 2. The number of benzene rings is 6. The highest BCUT2D eigenvalue weighted by atomic mass is 32.2. The Morgan fingerprint density at radius 2 is 1.05 bits per heavy atom. The Labute approximate surface area is 343 Å². The van der Waals surface area contributed by atoms with Crippen LogP contribution < -0.4 is 20.5 Å². The Bertz CT molecular complexity index is 3380. The lowest BCUT2D eigenvalue weighted by Gasteiger charge is -2.30. The zero-order valence-corrected chi connectivity index (χ0v) is 34.0. The van der Waals surface area contributed by atoms with Crippen LogP contribution in [0.15, 0.2) is 184 Å². The lowest BCUT2D eigenvalue weighted by Crippen LogP contribution is -2.24. The van der Waals surface area contributed by atoms with Gasteiger partial charge in [-0.2, -0.15) is 0 Å². The molecule has 10 heteroatoms. The molecule has 0 saturated carbocycles. The van der Waals surface area contributed by atoms with E-state index in [1.165, 1.54) is 31.7 Å². The van der Waals surface area contributed by atoms with Crippen molar-refractivity contribution in [3.63, 3.8) is 0 Å². The Morgan fingerprint density at radius 3 is 1.69 bits per heavy atom. The van der Waals surface area contributed by atoms with Gasteiger partial charge in [-0.25, -0.2) is 4.98 Å². The second-order valence-corrected chi connectivity index (χ2v) is 19.4. The minimum absolute atomic E-state index is 0.505. The number of para-hydroxylation sites is 4. The quantitative estimate of drug-likeness (QED) is 0.164. The summed E-state index contributed by atoms with van der Waals surface area (Å²) in [6.07, 6.45) is 3.54. The molecular formula is C48H33N6OPS2. The van der Waals surface area contributed by atoms with Gasteiger partial charge in [0.25, 0.3) is 7.29 Å². The highest BCUT2D eigenvalue weighted by Crippen LogP contribution is 2.55. The Morgan fingerprint density at radius 1 is 0.483 bits per heavy atom. The molecule has 0 amide bonds. The van der Waals surface area contributed by atoms with E-state index in [1.54, 1.807) is 35.9 Å². The summed E-state index contributed by atoms with van der Waals surface area (Å²) in [5.41, 5.74) is 9.11. The third-order valence-electron chi connectivity index (χ3n) is 11.6. The van der Waals surface area contributed by atoms with Crippen molar-refractivity contribution in [2.75, 3.05) is 23.9 Å². The molecule has 278 valence electrons. The van der Waals surface area contributed by atoms with Gasteiger partial charge in [0.1, 0.15) is 11.3 Å². The molecule has 10 aromatic rings. The van der Waals surface area contributed by atoms with Gasteiger partial charge in [0.15, 0.2) is 0 Å². The van der Waals surface area contributed by atoms with Crippen molar-refractivity contribution in [2.45, 2.75) is 19.6 Å². The number of hydrogen-bond acceptors (Lipinski definition) is 7. The van der Waals surface area contributed by atoms with Crippen LogP contribution in [-0.4, -0.2) is 33.0 Å². The first kappa shape index (κ1) is 33.8. The topological polar surface area (TPSA) is 59.2 Å². The number of anilines is 4. The van der Waals surface area contributed by atoms with Crippen LogP contribution in [0.3, 0.4) is 0 Å². The average molecular weight is 805 g/mol. The van der Waals surface area contributed by atoms with Crippen molar-refractivity contribution in [3.05, 3.63) is 164 Å². The molecule has 7 nitrogen and oxygen atoms in total. The second kappa shape index (κ2) is 12.6. The summed E-state index contributed by atoms with van der Waals surface area (Å²) in [5.74, 6) is 0.756. The molecule has 0 fully saturated rings. The maximum atomic E-state index is 16.5. The fourth-order valence-corrected chi connectivity index (χ4v) is 13.9. The van der Waals surface area contributed by atoms with Crippen molar-refractivity contribution >= 4 is 108 Å². The van der Waals surface area contributed by atoms with Crippen LogP contribution >= 0.6 is 30.8 Å². The summed E-state index contributed by atoms with van der Waals surface area (Å²) >= 11 is 3.55. The van der Waals surface area contributed by atoms with Crippen molar-refractivity contribution in [2.24, 2.45) is 0 Å². The highest BCUT2D eigenvalue weighted by Gasteiger charge is 2.36. The molecule has 58 heavy (non-hydrogen) atoms. The fourth-order valence-electron chi connectivity index (χ4n) is 8.90. The predicted octanol–water partition coefficient (Wildman–Crippen LogP) is 11.9. The van der Waals surface area contributed by atoms with Crippen LogP contribution in [0.25, 0.3) is 49.4 Å². The van der Waals surface area contributed by atoms with Gasteiger partial charge >= 0.3 is 0 Å². The molecule has 0 bridgehead atoms. The molecule has 6 aromatic carbocycles. The van der Waals surface area contributed by atoms with Gasteiger partial charge in [-0.05, 0) is 84.9 Å². The SMILES string of the molecule is CN1c2ccccc2Sc2cc3c(cc21)c1ccccc1n3-c1ccc(P(=O)(c2ccccn2)n2c3ccccc3c3cc4c(cc32)Sc2ccccc2N4C)cn1. The lowest BCUT2D eigenvalue weighted by atomic mass is 10.1. The molecule has 1 unspecified atom stereocenters. The molecule has 4 aromatic heterocycles. The van der Waals surface area contributed by atoms with Gasteiger partial charge in [-0.1, -0.05) is 90.3 Å². The summed E-state index contributed by atoms with van der Waals surface area (Å²) in [6.45, 7) is 0. The lowest BCUT2D eigenvalue weighted by molar-refractivity contribution is 0.583. The molecule has 0 saturated heterocycles. The zero-order chi connectivity index (χ0) is 38.7. The summed E-state index contributed by atoms with van der Waals surface area (Å²) in [4.78, 5) is 19.2. The normalized spacial score (nSPS) is 14.4. The van der Waals surface area contributed by atoms with E-state index in [1.807, 2.05) is 36.4 Å². The molecular weight excluding hydrogens is 772 g/mol. The van der Waals surface area contributed by atoms with Crippen molar-refractivity contribution < 1.29 is 4.57 Å². The van der Waals surface area contributed by atoms with Crippen LogP contribution in [-0.2, 0) is 4.57 Å². The fraction of sp³-hybridized carbons (Fsp3) is 0.0417. The van der Waals surface area contributed by atoms with E-state index in [2.05, 4.69) is 148 Å². The number of aromatic nitrogens is 4. The Hall–Kier alpha value is -6.25. The molecule has 1 atom stereocenters. The van der Waals surface area contributed by atoms with Gasteiger partial charge in [0.2, 0.25) is 0 Å². The van der Waals surface area contributed by atoms with E-state index in [-0.39, 0.29) is 0 Å². The summed E-state index contributed by atoms with van der Waals surface area (Å²) in [6, 6.07) is 52.6. The summed E-state index contributed by atoms with van der Waals surface area (Å²) < 4.78 is 20.8. The number of nitrogens with zero attached hydrogens (tertiary/aromatic N) is 6. The number of rotatable bonds is 4. The van der Waals surface area contributed by atoms with Crippen LogP contribution in [0.5, 0.6) is 0 Å². The molecule has 2 aliphatic rings. The number of hydrogen-bond donors (Lipinski definition) is 0. The standard InChI is InChI=1S/C48H33N6OPS2/c1-51-37-17-7-9-19-43(37)57-45-27-39-33(25-41(45)51)31-13-3-5-15-35(31)53(39)47-23-22-30(29-50-47)56(55,48-21-11-12-24-49-48)54-36-16-6-4-14-32(36)34-26-42-46(28-40(34)54)58-44-20-10-8-18-38(44)52(42)2/h3-29H,1-2H3. The molecule has 0 radical (unpaired) electrons. The Balaban J connectivity index is 1.06. The van der Waals surface area contributed by atoms with E-state index < -0.39 is 7.29 Å². The van der Waals surface area contributed by atoms with Crippen molar-refractivity contribution in [1.82, 2.24) is 18.9 Å². The van der Waals surface area contributed by atoms with E-state index in [0.717, 1.165) is 60.0 Å². The van der Waals surface area contributed by atoms with Crippen molar-refractivity contribution in [1.29, 1.82) is 0 Å². The van der Waals surface area contributed by atoms with Gasteiger partial charge in [0, 0.05) is 67.6 Å². The van der Waals surface area contributed by atoms with Gasteiger partial charge < -0.3 is 9.80 Å². The van der Waals surface area contributed by atoms with Crippen LogP contribution in [0.2, 0.25) is 0 Å². The predicted molar refractivity (Wildman–Crippen MR) is 242 cm³/mol. The Kier molecular flexibility index (Phi) is 7.37. The largest absolute Gasteiger partial charge is 0.343 e. The van der Waals surface area contributed by atoms with Gasteiger partial charge in [0.05, 0.1) is 50.1 Å². The van der Waals surface area contributed by atoms with Gasteiger partial charge in [-0.15, -0.1) is 0 Å². The second-order valence-electron chi connectivity index (χ2n) is 14.8. The van der Waals surface area contributed by atoms with Crippen LogP contribution in [0, 0.1) is 0 Å². The monoisotopic (exact) mass is 804 g/mol. The summed E-state index contributed by atoms with van der Waals surface area (Å²) in [5, 5.41) is 5.00. The molecule has 6 heterocycles. The molecule has 0 aliphatic carbocycles.